The molecule has 74 valence electrons. The lowest BCUT2D eigenvalue weighted by Crippen LogP contribution is -2.52. The van der Waals surface area contributed by atoms with Crippen molar-refractivity contribution in [1.29, 1.82) is 0 Å². The maximum Gasteiger partial charge on any atom is 0.220 e. The van der Waals surface area contributed by atoms with Crippen LogP contribution in [0.25, 0.3) is 0 Å². The highest BCUT2D eigenvalue weighted by Crippen LogP contribution is 2.17. The molecule has 2 N–H and O–H groups in total. The van der Waals surface area contributed by atoms with Crippen molar-refractivity contribution >= 4 is 5.91 Å². The minimum Gasteiger partial charge on any atom is -0.396 e. The standard InChI is InChI=1S/C9H16N2O2/c12-6-7-3-11(4-7)5-8-1-2-9(13)10-8/h7-8,12H,1-6H2,(H,10,13). The molecule has 0 radical (unpaired) electrons. The van der Waals surface area contributed by atoms with Gasteiger partial charge in [0.1, 0.15) is 0 Å². The largest absolute Gasteiger partial charge is 0.396 e. The van der Waals surface area contributed by atoms with Crippen LogP contribution >= 0.6 is 0 Å². The van der Waals surface area contributed by atoms with E-state index in [9.17, 15) is 4.79 Å². The molecule has 0 aromatic carbocycles. The predicted molar refractivity (Wildman–Crippen MR) is 48.2 cm³/mol. The Bertz CT molecular complexity index is 202. The molecule has 1 atom stereocenters. The lowest BCUT2D eigenvalue weighted by molar-refractivity contribution is -0.119. The lowest BCUT2D eigenvalue weighted by Gasteiger charge is -2.39. The maximum absolute atomic E-state index is 10.9. The molecule has 0 spiro atoms. The summed E-state index contributed by atoms with van der Waals surface area (Å²) in [6.45, 7) is 3.24. The third-order valence-corrected chi connectivity index (χ3v) is 2.85. The van der Waals surface area contributed by atoms with Crippen LogP contribution in [-0.4, -0.2) is 48.2 Å². The molecule has 2 saturated heterocycles. The van der Waals surface area contributed by atoms with E-state index in [0.29, 0.717) is 25.0 Å². The lowest BCUT2D eigenvalue weighted by atomic mass is 10.0. The molecule has 4 heteroatoms. The van der Waals surface area contributed by atoms with Crippen LogP contribution in [-0.2, 0) is 4.79 Å². The first-order valence-electron chi connectivity index (χ1n) is 4.90. The van der Waals surface area contributed by atoms with Crippen LogP contribution in [0.2, 0.25) is 0 Å². The van der Waals surface area contributed by atoms with Gasteiger partial charge in [0.15, 0.2) is 0 Å². The Balaban J connectivity index is 1.66. The van der Waals surface area contributed by atoms with Gasteiger partial charge in [-0.15, -0.1) is 0 Å². The minimum absolute atomic E-state index is 0.184. The van der Waals surface area contributed by atoms with E-state index in [1.165, 1.54) is 0 Å². The summed E-state index contributed by atoms with van der Waals surface area (Å²) < 4.78 is 0. The second-order valence-electron chi connectivity index (χ2n) is 4.07. The fraction of sp³-hybridized carbons (Fsp3) is 0.889. The normalized spacial score (nSPS) is 30.2. The third-order valence-electron chi connectivity index (χ3n) is 2.85. The molecule has 2 aliphatic rings. The van der Waals surface area contributed by atoms with Gasteiger partial charge in [0.05, 0.1) is 0 Å². The monoisotopic (exact) mass is 184 g/mol. The summed E-state index contributed by atoms with van der Waals surface area (Å²) in [4.78, 5) is 13.2. The molecule has 2 rings (SSSR count). The van der Waals surface area contributed by atoms with Gasteiger partial charge >= 0.3 is 0 Å². The zero-order valence-corrected chi connectivity index (χ0v) is 7.70. The molecule has 2 heterocycles. The molecular formula is C9H16N2O2. The van der Waals surface area contributed by atoms with Crippen LogP contribution in [0.15, 0.2) is 0 Å². The second kappa shape index (κ2) is 3.64. The van der Waals surface area contributed by atoms with Crippen LogP contribution in [0.4, 0.5) is 0 Å². The van der Waals surface area contributed by atoms with Crippen molar-refractivity contribution in [3.63, 3.8) is 0 Å². The Hall–Kier alpha value is -0.610. The number of aliphatic hydroxyl groups excluding tert-OH is 1. The van der Waals surface area contributed by atoms with Crippen LogP contribution in [0.1, 0.15) is 12.8 Å². The van der Waals surface area contributed by atoms with Crippen LogP contribution in [0.3, 0.4) is 0 Å². The van der Waals surface area contributed by atoms with E-state index in [4.69, 9.17) is 5.11 Å². The zero-order chi connectivity index (χ0) is 9.26. The third kappa shape index (κ3) is 2.00. The van der Waals surface area contributed by atoms with Crippen LogP contribution in [0, 0.1) is 5.92 Å². The van der Waals surface area contributed by atoms with Crippen LogP contribution < -0.4 is 5.32 Å². The Morgan fingerprint density at radius 2 is 2.31 bits per heavy atom. The van der Waals surface area contributed by atoms with Gasteiger partial charge in [0, 0.05) is 44.6 Å². The smallest absolute Gasteiger partial charge is 0.220 e. The van der Waals surface area contributed by atoms with Crippen molar-refractivity contribution in [3.05, 3.63) is 0 Å². The molecule has 2 aliphatic heterocycles. The van der Waals surface area contributed by atoms with Gasteiger partial charge in [-0.2, -0.15) is 0 Å². The number of nitrogens with zero attached hydrogens (tertiary/aromatic N) is 1. The van der Waals surface area contributed by atoms with Gasteiger partial charge in [-0.1, -0.05) is 0 Å². The van der Waals surface area contributed by atoms with Gasteiger partial charge < -0.3 is 15.3 Å². The summed E-state index contributed by atoms with van der Waals surface area (Å²) in [5.74, 6) is 0.654. The van der Waals surface area contributed by atoms with Crippen molar-refractivity contribution in [2.45, 2.75) is 18.9 Å². The molecule has 4 nitrogen and oxygen atoms in total. The number of hydrogen-bond acceptors (Lipinski definition) is 3. The highest BCUT2D eigenvalue weighted by molar-refractivity contribution is 5.78. The molecular weight excluding hydrogens is 168 g/mol. The highest BCUT2D eigenvalue weighted by atomic mass is 16.3. The van der Waals surface area contributed by atoms with E-state index >= 15 is 0 Å². The number of carbonyl (C=O) groups is 1. The van der Waals surface area contributed by atoms with Crippen molar-refractivity contribution in [2.75, 3.05) is 26.2 Å². The molecule has 0 bridgehead atoms. The van der Waals surface area contributed by atoms with E-state index in [2.05, 4.69) is 10.2 Å². The van der Waals surface area contributed by atoms with Crippen molar-refractivity contribution in [3.8, 4) is 0 Å². The summed E-state index contributed by atoms with van der Waals surface area (Å²) in [5, 5.41) is 11.8. The van der Waals surface area contributed by atoms with Gasteiger partial charge in [0.25, 0.3) is 0 Å². The molecule has 2 fully saturated rings. The fourth-order valence-electron chi connectivity index (χ4n) is 2.07. The van der Waals surface area contributed by atoms with E-state index in [-0.39, 0.29) is 5.91 Å². The first kappa shape index (κ1) is 8.97. The number of nitrogens with one attached hydrogen (secondary N) is 1. The minimum atomic E-state index is 0.184. The summed E-state index contributed by atoms with van der Waals surface area (Å²) >= 11 is 0. The summed E-state index contributed by atoms with van der Waals surface area (Å²) in [5.41, 5.74) is 0. The number of aliphatic hydroxyl groups is 1. The quantitative estimate of drug-likeness (QED) is 0.603. The van der Waals surface area contributed by atoms with Crippen molar-refractivity contribution < 1.29 is 9.90 Å². The second-order valence-corrected chi connectivity index (χ2v) is 4.07. The first-order chi connectivity index (χ1) is 6.28. The summed E-state index contributed by atoms with van der Waals surface area (Å²) in [7, 11) is 0. The Labute approximate surface area is 77.9 Å². The number of hydrogen-bond donors (Lipinski definition) is 2. The topological polar surface area (TPSA) is 52.6 Å². The van der Waals surface area contributed by atoms with E-state index in [1.54, 1.807) is 0 Å². The Morgan fingerprint density at radius 1 is 1.54 bits per heavy atom. The predicted octanol–water partition coefficient (Wildman–Crippen LogP) is -0.811. The molecule has 1 amide bonds. The number of amides is 1. The highest BCUT2D eigenvalue weighted by Gasteiger charge is 2.30. The fourth-order valence-corrected chi connectivity index (χ4v) is 2.07. The Kier molecular flexibility index (Phi) is 2.51. The number of carbonyl (C=O) groups excluding carboxylic acids is 1. The Morgan fingerprint density at radius 3 is 2.85 bits per heavy atom. The molecule has 13 heavy (non-hydrogen) atoms. The number of likely N-dealkylation sites (tertiary alicyclic amines) is 1. The average molecular weight is 184 g/mol. The van der Waals surface area contributed by atoms with Gasteiger partial charge in [0.2, 0.25) is 5.91 Å². The maximum atomic E-state index is 10.9. The van der Waals surface area contributed by atoms with Gasteiger partial charge in [-0.05, 0) is 6.42 Å². The van der Waals surface area contributed by atoms with E-state index < -0.39 is 0 Å². The van der Waals surface area contributed by atoms with Crippen molar-refractivity contribution in [2.24, 2.45) is 5.92 Å². The number of rotatable bonds is 3. The van der Waals surface area contributed by atoms with Gasteiger partial charge in [-0.3, -0.25) is 4.79 Å². The SMILES string of the molecule is O=C1CCC(CN2CC(CO)C2)N1. The van der Waals surface area contributed by atoms with Gasteiger partial charge in [-0.25, -0.2) is 0 Å². The average Bonchev–Trinajstić information content (AvgIpc) is 2.43. The van der Waals surface area contributed by atoms with E-state index in [0.717, 1.165) is 26.1 Å². The molecule has 0 aromatic rings. The molecule has 0 saturated carbocycles. The molecule has 1 unspecified atom stereocenters. The summed E-state index contributed by atoms with van der Waals surface area (Å²) in [6, 6.07) is 0.354. The van der Waals surface area contributed by atoms with Crippen molar-refractivity contribution in [1.82, 2.24) is 10.2 Å². The zero-order valence-electron chi connectivity index (χ0n) is 7.70. The van der Waals surface area contributed by atoms with E-state index in [1.807, 2.05) is 0 Å². The van der Waals surface area contributed by atoms with Crippen LogP contribution in [0.5, 0.6) is 0 Å². The summed E-state index contributed by atoms with van der Waals surface area (Å²) in [6.07, 6.45) is 1.65. The molecule has 0 aromatic heterocycles. The first-order valence-corrected chi connectivity index (χ1v) is 4.90. The molecule has 0 aliphatic carbocycles.